The fraction of sp³-hybridized carbons (Fsp3) is 0.0526. The number of nitrogens with one attached hydrogen (secondary N) is 1. The molecule has 0 spiro atoms. The van der Waals surface area contributed by atoms with Crippen molar-refractivity contribution in [3.05, 3.63) is 71.3 Å². The van der Waals surface area contributed by atoms with Gasteiger partial charge in [-0.05, 0) is 42.8 Å². The number of hydrogen-bond acceptors (Lipinski definition) is 5. The number of aryl methyl sites for hydroxylation is 1. The third-order valence-corrected chi connectivity index (χ3v) is 4.12. The van der Waals surface area contributed by atoms with E-state index in [1.165, 1.54) is 18.6 Å². The molecule has 4 aromatic rings. The zero-order chi connectivity index (χ0) is 18.1. The summed E-state index contributed by atoms with van der Waals surface area (Å²) in [7, 11) is 0. The van der Waals surface area contributed by atoms with Crippen LogP contribution in [-0.4, -0.2) is 20.9 Å². The van der Waals surface area contributed by atoms with Gasteiger partial charge < -0.3 is 9.73 Å². The number of carbonyl (C=O) groups excluding carboxylic acids is 1. The molecule has 0 aliphatic carbocycles. The molecule has 2 aromatic heterocycles. The first-order chi connectivity index (χ1) is 12.6. The maximum Gasteiger partial charge on any atom is 0.275 e. The Kier molecular flexibility index (Phi) is 4.10. The molecule has 6 nitrogen and oxygen atoms in total. The SMILES string of the molecule is Cc1ccc2oc(-c3cc(NC(=O)c4cnccn4)ccc3Cl)nc2c1. The van der Waals surface area contributed by atoms with Crippen molar-refractivity contribution in [3.8, 4) is 11.5 Å². The summed E-state index contributed by atoms with van der Waals surface area (Å²) in [6.07, 6.45) is 4.37. The monoisotopic (exact) mass is 364 g/mol. The number of halogens is 1. The van der Waals surface area contributed by atoms with Gasteiger partial charge in [-0.3, -0.25) is 9.78 Å². The van der Waals surface area contributed by atoms with Crippen molar-refractivity contribution < 1.29 is 9.21 Å². The minimum absolute atomic E-state index is 0.223. The molecule has 1 amide bonds. The second kappa shape index (κ2) is 6.57. The van der Waals surface area contributed by atoms with Crippen LogP contribution < -0.4 is 5.32 Å². The zero-order valence-electron chi connectivity index (χ0n) is 13.7. The molecule has 4 rings (SSSR count). The van der Waals surface area contributed by atoms with E-state index in [1.54, 1.807) is 18.2 Å². The number of benzene rings is 2. The lowest BCUT2D eigenvalue weighted by molar-refractivity contribution is 0.102. The van der Waals surface area contributed by atoms with E-state index in [-0.39, 0.29) is 11.6 Å². The zero-order valence-corrected chi connectivity index (χ0v) is 14.5. The molecule has 0 unspecified atom stereocenters. The Morgan fingerprint density at radius 2 is 2.04 bits per heavy atom. The van der Waals surface area contributed by atoms with Crippen LogP contribution in [0.25, 0.3) is 22.6 Å². The van der Waals surface area contributed by atoms with Gasteiger partial charge in [0.05, 0.1) is 16.8 Å². The van der Waals surface area contributed by atoms with Crippen molar-refractivity contribution in [3.63, 3.8) is 0 Å². The molecule has 26 heavy (non-hydrogen) atoms. The van der Waals surface area contributed by atoms with Crippen LogP contribution in [0.3, 0.4) is 0 Å². The van der Waals surface area contributed by atoms with Gasteiger partial charge in [-0.2, -0.15) is 0 Å². The van der Waals surface area contributed by atoms with Gasteiger partial charge in [0.15, 0.2) is 5.58 Å². The standard InChI is InChI=1S/C19H13ClN4O2/c1-11-2-5-17-15(8-11)24-19(26-17)13-9-12(3-4-14(13)20)23-18(25)16-10-21-6-7-22-16/h2-10H,1H3,(H,23,25). The highest BCUT2D eigenvalue weighted by Gasteiger charge is 2.14. The minimum Gasteiger partial charge on any atom is -0.436 e. The molecule has 0 aliphatic rings. The van der Waals surface area contributed by atoms with Gasteiger partial charge in [0.2, 0.25) is 5.89 Å². The summed E-state index contributed by atoms with van der Waals surface area (Å²) in [6, 6.07) is 10.9. The molecule has 0 bridgehead atoms. The molecular formula is C19H13ClN4O2. The molecule has 0 fully saturated rings. The van der Waals surface area contributed by atoms with Gasteiger partial charge in [0.25, 0.3) is 5.91 Å². The quantitative estimate of drug-likeness (QED) is 0.579. The Balaban J connectivity index is 1.68. The van der Waals surface area contributed by atoms with Crippen molar-refractivity contribution in [1.29, 1.82) is 0 Å². The Morgan fingerprint density at radius 1 is 1.15 bits per heavy atom. The first-order valence-corrected chi connectivity index (χ1v) is 8.22. The predicted molar refractivity (Wildman–Crippen MR) is 99.2 cm³/mol. The molecule has 0 radical (unpaired) electrons. The van der Waals surface area contributed by atoms with Crippen molar-refractivity contribution in [2.75, 3.05) is 5.32 Å². The Hall–Kier alpha value is -3.25. The molecule has 128 valence electrons. The van der Waals surface area contributed by atoms with Crippen molar-refractivity contribution in [1.82, 2.24) is 15.0 Å². The van der Waals surface area contributed by atoms with Crippen LogP contribution in [0.4, 0.5) is 5.69 Å². The molecule has 2 heterocycles. The number of oxazole rings is 1. The van der Waals surface area contributed by atoms with Gasteiger partial charge in [-0.15, -0.1) is 0 Å². The van der Waals surface area contributed by atoms with Gasteiger partial charge in [0.1, 0.15) is 11.2 Å². The average molecular weight is 365 g/mol. The first kappa shape index (κ1) is 16.2. The number of carbonyl (C=O) groups is 1. The third-order valence-electron chi connectivity index (χ3n) is 3.79. The normalized spacial score (nSPS) is 10.8. The lowest BCUT2D eigenvalue weighted by Crippen LogP contribution is -2.13. The first-order valence-electron chi connectivity index (χ1n) is 7.84. The van der Waals surface area contributed by atoms with Gasteiger partial charge >= 0.3 is 0 Å². The molecule has 2 aromatic carbocycles. The summed E-state index contributed by atoms with van der Waals surface area (Å²) in [4.78, 5) is 24.6. The predicted octanol–water partition coefficient (Wildman–Crippen LogP) is 4.50. The van der Waals surface area contributed by atoms with Gasteiger partial charge in [0, 0.05) is 18.1 Å². The van der Waals surface area contributed by atoms with E-state index in [9.17, 15) is 4.79 Å². The minimum atomic E-state index is -0.362. The molecule has 0 aliphatic heterocycles. The smallest absolute Gasteiger partial charge is 0.275 e. The average Bonchev–Trinajstić information content (AvgIpc) is 3.07. The molecular weight excluding hydrogens is 352 g/mol. The highest BCUT2D eigenvalue weighted by Crippen LogP contribution is 2.32. The summed E-state index contributed by atoms with van der Waals surface area (Å²) >= 11 is 6.31. The fourth-order valence-electron chi connectivity index (χ4n) is 2.53. The molecule has 0 atom stereocenters. The maximum atomic E-state index is 12.2. The molecule has 1 N–H and O–H groups in total. The lowest BCUT2D eigenvalue weighted by Gasteiger charge is -2.07. The number of hydrogen-bond donors (Lipinski definition) is 1. The van der Waals surface area contributed by atoms with Crippen LogP contribution in [0.1, 0.15) is 16.1 Å². The van der Waals surface area contributed by atoms with Crippen LogP contribution >= 0.6 is 11.6 Å². The maximum absolute atomic E-state index is 12.2. The van der Waals surface area contributed by atoms with E-state index in [0.717, 1.165) is 11.1 Å². The van der Waals surface area contributed by atoms with Gasteiger partial charge in [-0.1, -0.05) is 17.7 Å². The topological polar surface area (TPSA) is 80.9 Å². The van der Waals surface area contributed by atoms with Crippen LogP contribution in [0.2, 0.25) is 5.02 Å². The van der Waals surface area contributed by atoms with Crippen molar-refractivity contribution in [2.24, 2.45) is 0 Å². The number of rotatable bonds is 3. The van der Waals surface area contributed by atoms with Crippen molar-refractivity contribution >= 4 is 34.3 Å². The molecule has 0 saturated heterocycles. The Labute approximate surface area is 153 Å². The number of fused-ring (bicyclic) bond motifs is 1. The Bertz CT molecular complexity index is 1110. The Morgan fingerprint density at radius 3 is 2.85 bits per heavy atom. The van der Waals surface area contributed by atoms with E-state index in [1.807, 2.05) is 25.1 Å². The van der Waals surface area contributed by atoms with Crippen LogP contribution in [-0.2, 0) is 0 Å². The summed E-state index contributed by atoms with van der Waals surface area (Å²) in [5.74, 6) is 0.0331. The molecule has 0 saturated carbocycles. The fourth-order valence-corrected chi connectivity index (χ4v) is 2.73. The van der Waals surface area contributed by atoms with E-state index in [4.69, 9.17) is 16.0 Å². The van der Waals surface area contributed by atoms with Crippen LogP contribution in [0.5, 0.6) is 0 Å². The van der Waals surface area contributed by atoms with Crippen molar-refractivity contribution in [2.45, 2.75) is 6.92 Å². The van der Waals surface area contributed by atoms with Crippen LogP contribution in [0, 0.1) is 6.92 Å². The highest BCUT2D eigenvalue weighted by atomic mass is 35.5. The second-order valence-electron chi connectivity index (χ2n) is 5.73. The number of aromatic nitrogens is 3. The summed E-state index contributed by atoms with van der Waals surface area (Å²) in [5, 5.41) is 3.25. The second-order valence-corrected chi connectivity index (χ2v) is 6.14. The van der Waals surface area contributed by atoms with E-state index < -0.39 is 0 Å². The molecule has 7 heteroatoms. The number of anilines is 1. The van der Waals surface area contributed by atoms with E-state index in [2.05, 4.69) is 20.3 Å². The largest absolute Gasteiger partial charge is 0.436 e. The van der Waals surface area contributed by atoms with Gasteiger partial charge in [-0.25, -0.2) is 9.97 Å². The summed E-state index contributed by atoms with van der Waals surface area (Å²) in [6.45, 7) is 1.99. The highest BCUT2D eigenvalue weighted by molar-refractivity contribution is 6.33. The summed E-state index contributed by atoms with van der Waals surface area (Å²) < 4.78 is 5.80. The van der Waals surface area contributed by atoms with E-state index in [0.29, 0.717) is 27.7 Å². The lowest BCUT2D eigenvalue weighted by atomic mass is 10.2. The van der Waals surface area contributed by atoms with E-state index >= 15 is 0 Å². The number of amides is 1. The summed E-state index contributed by atoms with van der Waals surface area (Å²) in [5.41, 5.74) is 3.89. The third kappa shape index (κ3) is 3.14. The number of nitrogens with zero attached hydrogens (tertiary/aromatic N) is 3. The van der Waals surface area contributed by atoms with Crippen LogP contribution in [0.15, 0.2) is 59.4 Å².